The summed E-state index contributed by atoms with van der Waals surface area (Å²) in [6.07, 6.45) is 3.84. The van der Waals surface area contributed by atoms with E-state index in [9.17, 15) is 4.79 Å². The van der Waals surface area contributed by atoms with Gasteiger partial charge in [-0.2, -0.15) is 0 Å². The quantitative estimate of drug-likeness (QED) is 0.626. The number of fused-ring (bicyclic) bond motifs is 2. The molecule has 0 heterocycles. The van der Waals surface area contributed by atoms with Crippen molar-refractivity contribution in [3.63, 3.8) is 0 Å². The smallest absolute Gasteiger partial charge is 0.170 e. The van der Waals surface area contributed by atoms with Crippen LogP contribution in [0.4, 0.5) is 0 Å². The number of rotatable bonds is 3. The molecule has 3 aromatic rings. The molecule has 0 bridgehead atoms. The Bertz CT molecular complexity index is 972. The summed E-state index contributed by atoms with van der Waals surface area (Å²) in [5.74, 6) is 0.650. The van der Waals surface area contributed by atoms with Gasteiger partial charge in [-0.1, -0.05) is 78.9 Å². The molecule has 0 aliphatic heterocycles. The average molecular weight is 338 g/mol. The average Bonchev–Trinajstić information content (AvgIpc) is 3.23. The van der Waals surface area contributed by atoms with Gasteiger partial charge in [0.15, 0.2) is 5.78 Å². The van der Waals surface area contributed by atoms with Crippen molar-refractivity contribution in [2.75, 3.05) is 0 Å². The van der Waals surface area contributed by atoms with Gasteiger partial charge < -0.3 is 0 Å². The topological polar surface area (TPSA) is 17.1 Å². The minimum atomic E-state index is -0.350. The summed E-state index contributed by atoms with van der Waals surface area (Å²) in [4.78, 5) is 13.7. The number of ketones is 1. The molecule has 0 fully saturated rings. The lowest BCUT2D eigenvalue weighted by molar-refractivity contribution is 0.0768. The highest BCUT2D eigenvalue weighted by molar-refractivity contribution is 6.05. The van der Waals surface area contributed by atoms with Crippen molar-refractivity contribution in [1.29, 1.82) is 0 Å². The van der Waals surface area contributed by atoms with E-state index in [0.717, 1.165) is 31.2 Å². The van der Waals surface area contributed by atoms with Crippen LogP contribution in [0.25, 0.3) is 0 Å². The van der Waals surface area contributed by atoms with E-state index in [1.807, 2.05) is 18.2 Å². The predicted molar refractivity (Wildman–Crippen MR) is 105 cm³/mol. The van der Waals surface area contributed by atoms with Gasteiger partial charge in [0.1, 0.15) is 0 Å². The van der Waals surface area contributed by atoms with Crippen LogP contribution < -0.4 is 0 Å². The molecule has 5 rings (SSSR count). The van der Waals surface area contributed by atoms with Crippen LogP contribution in [0.15, 0.2) is 78.9 Å². The van der Waals surface area contributed by atoms with Crippen LogP contribution in [0.2, 0.25) is 0 Å². The zero-order chi connectivity index (χ0) is 17.6. The molecule has 0 amide bonds. The molecule has 2 atom stereocenters. The van der Waals surface area contributed by atoms with Gasteiger partial charge in [-0.15, -0.1) is 0 Å². The van der Waals surface area contributed by atoms with Crippen LogP contribution in [0.5, 0.6) is 0 Å². The predicted octanol–water partition coefficient (Wildman–Crippen LogP) is 5.38. The molecule has 0 radical (unpaired) electrons. The first-order chi connectivity index (χ1) is 12.8. The van der Waals surface area contributed by atoms with Gasteiger partial charge in [0.05, 0.1) is 0 Å². The SMILES string of the molecule is O=C1c2ccccc2CC1(Cc1ccccc1)C1CCc2ccccc21. The highest BCUT2D eigenvalue weighted by atomic mass is 16.1. The Balaban J connectivity index is 1.65. The van der Waals surface area contributed by atoms with Gasteiger partial charge in [-0.3, -0.25) is 4.79 Å². The van der Waals surface area contributed by atoms with Crippen molar-refractivity contribution in [3.8, 4) is 0 Å². The Kier molecular flexibility index (Phi) is 3.56. The fourth-order valence-corrected chi connectivity index (χ4v) is 5.22. The lowest BCUT2D eigenvalue weighted by Crippen LogP contribution is -2.36. The van der Waals surface area contributed by atoms with Crippen molar-refractivity contribution in [2.24, 2.45) is 5.41 Å². The van der Waals surface area contributed by atoms with Crippen molar-refractivity contribution in [2.45, 2.75) is 31.6 Å². The summed E-state index contributed by atoms with van der Waals surface area (Å²) in [6.45, 7) is 0. The number of benzene rings is 3. The highest BCUT2D eigenvalue weighted by Crippen LogP contribution is 2.53. The Hall–Kier alpha value is -2.67. The molecule has 3 aromatic carbocycles. The normalized spacial score (nSPS) is 23.7. The molecule has 0 saturated heterocycles. The maximum atomic E-state index is 13.7. The van der Waals surface area contributed by atoms with Crippen molar-refractivity contribution in [3.05, 3.63) is 107 Å². The number of aryl methyl sites for hydroxylation is 1. The summed E-state index contributed by atoms with van der Waals surface area (Å²) in [6, 6.07) is 27.5. The van der Waals surface area contributed by atoms with Crippen LogP contribution in [-0.2, 0) is 19.3 Å². The first-order valence-corrected chi connectivity index (χ1v) is 9.52. The molecule has 0 spiro atoms. The molecular formula is C25H22O. The maximum absolute atomic E-state index is 13.7. The van der Waals surface area contributed by atoms with E-state index in [2.05, 4.69) is 60.7 Å². The van der Waals surface area contributed by atoms with Crippen LogP contribution in [0, 0.1) is 5.41 Å². The zero-order valence-electron chi connectivity index (χ0n) is 14.8. The molecular weight excluding hydrogens is 316 g/mol. The van der Waals surface area contributed by atoms with Gasteiger partial charge in [0, 0.05) is 11.0 Å². The summed E-state index contributed by atoms with van der Waals surface area (Å²) in [7, 11) is 0. The lowest BCUT2D eigenvalue weighted by atomic mass is 9.66. The molecule has 128 valence electrons. The highest BCUT2D eigenvalue weighted by Gasteiger charge is 2.52. The second-order valence-corrected chi connectivity index (χ2v) is 7.77. The molecule has 1 nitrogen and oxygen atoms in total. The number of Topliss-reactive ketones (excluding diaryl/α,β-unsaturated/α-hetero) is 1. The minimum Gasteiger partial charge on any atom is -0.293 e. The van der Waals surface area contributed by atoms with Crippen molar-refractivity contribution < 1.29 is 4.79 Å². The van der Waals surface area contributed by atoms with Gasteiger partial charge in [0.25, 0.3) is 0 Å². The first kappa shape index (κ1) is 15.6. The minimum absolute atomic E-state index is 0.304. The molecule has 2 unspecified atom stereocenters. The van der Waals surface area contributed by atoms with Crippen molar-refractivity contribution in [1.82, 2.24) is 0 Å². The van der Waals surface area contributed by atoms with Crippen LogP contribution in [0.3, 0.4) is 0 Å². The second kappa shape index (κ2) is 5.95. The van der Waals surface area contributed by atoms with E-state index < -0.39 is 0 Å². The largest absolute Gasteiger partial charge is 0.293 e. The van der Waals surface area contributed by atoms with Crippen LogP contribution >= 0.6 is 0 Å². The summed E-state index contributed by atoms with van der Waals surface area (Å²) in [5.41, 5.74) is 5.89. The molecule has 2 aliphatic rings. The lowest BCUT2D eigenvalue weighted by Gasteiger charge is -2.35. The van der Waals surface area contributed by atoms with E-state index in [0.29, 0.717) is 11.7 Å². The Morgan fingerprint density at radius 3 is 2.31 bits per heavy atom. The molecule has 0 saturated carbocycles. The third-order valence-electron chi connectivity index (χ3n) is 6.38. The monoisotopic (exact) mass is 338 g/mol. The molecule has 0 aromatic heterocycles. The fraction of sp³-hybridized carbons (Fsp3) is 0.240. The Labute approximate surface area is 154 Å². The molecule has 2 aliphatic carbocycles. The van der Waals surface area contributed by atoms with Gasteiger partial charge in [-0.25, -0.2) is 0 Å². The Morgan fingerprint density at radius 2 is 1.50 bits per heavy atom. The number of carbonyl (C=O) groups is 1. The van der Waals surface area contributed by atoms with E-state index >= 15 is 0 Å². The number of carbonyl (C=O) groups excluding carboxylic acids is 1. The maximum Gasteiger partial charge on any atom is 0.170 e. The summed E-state index contributed by atoms with van der Waals surface area (Å²) < 4.78 is 0. The van der Waals surface area contributed by atoms with Gasteiger partial charge in [-0.05, 0) is 53.9 Å². The first-order valence-electron chi connectivity index (χ1n) is 9.52. The van der Waals surface area contributed by atoms with E-state index in [4.69, 9.17) is 0 Å². The van der Waals surface area contributed by atoms with E-state index in [1.54, 1.807) is 0 Å². The summed E-state index contributed by atoms with van der Waals surface area (Å²) >= 11 is 0. The standard InChI is InChI=1S/C25H22O/c26-24-22-13-7-5-11-20(22)17-25(24,16-18-8-2-1-3-9-18)23-15-14-19-10-4-6-12-21(19)23/h1-13,23H,14-17H2. The third kappa shape index (κ3) is 2.27. The second-order valence-electron chi connectivity index (χ2n) is 7.77. The third-order valence-corrected chi connectivity index (χ3v) is 6.38. The number of hydrogen-bond donors (Lipinski definition) is 0. The molecule has 1 heteroatoms. The summed E-state index contributed by atoms with van der Waals surface area (Å²) in [5, 5.41) is 0. The van der Waals surface area contributed by atoms with Crippen LogP contribution in [-0.4, -0.2) is 5.78 Å². The van der Waals surface area contributed by atoms with Crippen molar-refractivity contribution >= 4 is 5.78 Å². The van der Waals surface area contributed by atoms with Gasteiger partial charge >= 0.3 is 0 Å². The van der Waals surface area contributed by atoms with E-state index in [1.165, 1.54) is 22.3 Å². The van der Waals surface area contributed by atoms with Crippen LogP contribution in [0.1, 0.15) is 45.0 Å². The zero-order valence-corrected chi connectivity index (χ0v) is 14.8. The fourth-order valence-electron chi connectivity index (χ4n) is 5.22. The Morgan fingerprint density at radius 1 is 0.808 bits per heavy atom. The van der Waals surface area contributed by atoms with Gasteiger partial charge in [0.2, 0.25) is 0 Å². The molecule has 0 N–H and O–H groups in total. The van der Waals surface area contributed by atoms with E-state index in [-0.39, 0.29) is 5.41 Å². The number of hydrogen-bond acceptors (Lipinski definition) is 1. The molecule has 26 heavy (non-hydrogen) atoms.